The molecule has 1 rings (SSSR count). The largest absolute Gasteiger partial charge is 0.349 e. The lowest BCUT2D eigenvalue weighted by Gasteiger charge is -1.98. The first-order valence-corrected chi connectivity index (χ1v) is 4.49. The van der Waals surface area contributed by atoms with Gasteiger partial charge in [-0.05, 0) is 13.0 Å². The zero-order valence-corrected chi connectivity index (χ0v) is 8.43. The molecule has 72 valence electrons. The fourth-order valence-corrected chi connectivity index (χ4v) is 1.05. The van der Waals surface area contributed by atoms with Crippen molar-refractivity contribution >= 4 is 17.5 Å². The van der Waals surface area contributed by atoms with Gasteiger partial charge in [0, 0.05) is 12.7 Å². The molecule has 1 aromatic heterocycles. The molecule has 0 aliphatic heterocycles. The summed E-state index contributed by atoms with van der Waals surface area (Å²) in [6.07, 6.45) is 0. The Bertz CT molecular complexity index is 289. The second-order valence-electron chi connectivity index (χ2n) is 2.81. The second-order valence-corrected chi connectivity index (χ2v) is 3.08. The molecule has 1 aromatic rings. The summed E-state index contributed by atoms with van der Waals surface area (Å²) >= 11 is 5.32. The van der Waals surface area contributed by atoms with E-state index in [0.29, 0.717) is 6.54 Å². The van der Waals surface area contributed by atoms with E-state index in [1.807, 2.05) is 20.0 Å². The van der Waals surface area contributed by atoms with Crippen molar-refractivity contribution in [1.82, 2.24) is 15.1 Å². The molecule has 1 N–H and O–H groups in total. The molecule has 1 amide bonds. The molecule has 0 unspecified atom stereocenters. The van der Waals surface area contributed by atoms with Gasteiger partial charge in [-0.1, -0.05) is 0 Å². The molecule has 0 radical (unpaired) electrons. The predicted octanol–water partition coefficient (Wildman–Crippen LogP) is 0.584. The average molecular weight is 202 g/mol. The highest BCUT2D eigenvalue weighted by Crippen LogP contribution is 2.00. The smallest absolute Gasteiger partial charge is 0.235 e. The minimum Gasteiger partial charge on any atom is -0.349 e. The van der Waals surface area contributed by atoms with Crippen LogP contribution in [0.25, 0.3) is 0 Å². The summed E-state index contributed by atoms with van der Waals surface area (Å²) in [6, 6.07) is 1.93. The Labute approximate surface area is 81.9 Å². The van der Waals surface area contributed by atoms with Crippen molar-refractivity contribution in [2.75, 3.05) is 5.88 Å². The highest BCUT2D eigenvalue weighted by Gasteiger charge is 2.02. The van der Waals surface area contributed by atoms with E-state index >= 15 is 0 Å². The molecule has 0 aliphatic carbocycles. The van der Waals surface area contributed by atoms with Gasteiger partial charge in [-0.15, -0.1) is 11.6 Å². The summed E-state index contributed by atoms with van der Waals surface area (Å²) in [5.74, 6) is -0.184. The van der Waals surface area contributed by atoms with Crippen LogP contribution in [0.3, 0.4) is 0 Å². The Morgan fingerprint density at radius 3 is 2.92 bits per heavy atom. The average Bonchev–Trinajstić information content (AvgIpc) is 2.42. The monoisotopic (exact) mass is 201 g/mol. The van der Waals surface area contributed by atoms with E-state index in [1.54, 1.807) is 4.68 Å². The van der Waals surface area contributed by atoms with Gasteiger partial charge in [0.1, 0.15) is 5.88 Å². The fraction of sp³-hybridized carbons (Fsp3) is 0.500. The molecule has 0 bridgehead atoms. The maximum Gasteiger partial charge on any atom is 0.235 e. The zero-order valence-electron chi connectivity index (χ0n) is 7.67. The number of aryl methyl sites for hydroxylation is 2. The lowest BCUT2D eigenvalue weighted by Crippen LogP contribution is -2.23. The first kappa shape index (κ1) is 10.1. The molecule has 0 atom stereocenters. The molecule has 0 aromatic carbocycles. The Kier molecular flexibility index (Phi) is 3.31. The van der Waals surface area contributed by atoms with Crippen molar-refractivity contribution < 1.29 is 4.79 Å². The summed E-state index contributed by atoms with van der Waals surface area (Å²) in [5.41, 5.74) is 1.91. The minimum atomic E-state index is -0.176. The highest BCUT2D eigenvalue weighted by atomic mass is 35.5. The minimum absolute atomic E-state index is 0.00812. The zero-order chi connectivity index (χ0) is 9.84. The van der Waals surface area contributed by atoms with Crippen LogP contribution in [0.5, 0.6) is 0 Å². The van der Waals surface area contributed by atoms with Gasteiger partial charge in [0.15, 0.2) is 0 Å². The number of hydrogen-bond acceptors (Lipinski definition) is 2. The van der Waals surface area contributed by atoms with E-state index in [4.69, 9.17) is 11.6 Å². The van der Waals surface area contributed by atoms with E-state index < -0.39 is 0 Å². The summed E-state index contributed by atoms with van der Waals surface area (Å²) in [6.45, 7) is 2.40. The standard InChI is InChI=1S/C8H12ClN3O/c1-6-3-7(11-12(6)2)5-10-8(13)4-9/h3H,4-5H2,1-2H3,(H,10,13). The van der Waals surface area contributed by atoms with Gasteiger partial charge in [-0.3, -0.25) is 9.48 Å². The quantitative estimate of drug-likeness (QED) is 0.728. The van der Waals surface area contributed by atoms with Crippen LogP contribution >= 0.6 is 11.6 Å². The number of hydrogen-bond donors (Lipinski definition) is 1. The van der Waals surface area contributed by atoms with Crippen LogP contribution in [0.15, 0.2) is 6.07 Å². The maximum atomic E-state index is 10.8. The number of rotatable bonds is 3. The molecular formula is C8H12ClN3O. The second kappa shape index (κ2) is 4.28. The van der Waals surface area contributed by atoms with Gasteiger partial charge < -0.3 is 5.32 Å². The number of alkyl halides is 1. The van der Waals surface area contributed by atoms with Crippen LogP contribution in [0.1, 0.15) is 11.4 Å². The highest BCUT2D eigenvalue weighted by molar-refractivity contribution is 6.27. The molecule has 0 saturated carbocycles. The van der Waals surface area contributed by atoms with Gasteiger partial charge in [0.25, 0.3) is 0 Å². The van der Waals surface area contributed by atoms with Crippen LogP contribution < -0.4 is 5.32 Å². The van der Waals surface area contributed by atoms with Crippen LogP contribution in [0.4, 0.5) is 0 Å². The number of nitrogens with zero attached hydrogens (tertiary/aromatic N) is 2. The van der Waals surface area contributed by atoms with Crippen molar-refractivity contribution in [3.63, 3.8) is 0 Å². The van der Waals surface area contributed by atoms with Gasteiger partial charge >= 0.3 is 0 Å². The third kappa shape index (κ3) is 2.73. The van der Waals surface area contributed by atoms with Crippen LogP contribution in [0, 0.1) is 6.92 Å². The number of nitrogens with one attached hydrogen (secondary N) is 1. The number of aromatic nitrogens is 2. The molecule has 0 aliphatic rings. The van der Waals surface area contributed by atoms with Gasteiger partial charge in [0.05, 0.1) is 12.2 Å². The van der Waals surface area contributed by atoms with Crippen LogP contribution in [-0.2, 0) is 18.4 Å². The maximum absolute atomic E-state index is 10.8. The molecule has 1 heterocycles. The van der Waals surface area contributed by atoms with E-state index in [-0.39, 0.29) is 11.8 Å². The molecule has 0 spiro atoms. The summed E-state index contributed by atoms with van der Waals surface area (Å²) in [5, 5.41) is 6.82. The van der Waals surface area contributed by atoms with Crippen molar-refractivity contribution in [3.05, 3.63) is 17.5 Å². The van der Waals surface area contributed by atoms with E-state index in [2.05, 4.69) is 10.4 Å². The molecular weight excluding hydrogens is 190 g/mol. The van der Waals surface area contributed by atoms with Crippen molar-refractivity contribution in [1.29, 1.82) is 0 Å². The summed E-state index contributed by atoms with van der Waals surface area (Å²) in [4.78, 5) is 10.8. The van der Waals surface area contributed by atoms with Crippen LogP contribution in [-0.4, -0.2) is 21.6 Å². The lowest BCUT2D eigenvalue weighted by molar-refractivity contribution is -0.118. The number of carbonyl (C=O) groups is 1. The van der Waals surface area contributed by atoms with Crippen molar-refractivity contribution in [2.45, 2.75) is 13.5 Å². The number of amides is 1. The van der Waals surface area contributed by atoms with Crippen molar-refractivity contribution in [3.8, 4) is 0 Å². The van der Waals surface area contributed by atoms with Gasteiger partial charge in [-0.2, -0.15) is 5.10 Å². The third-order valence-corrected chi connectivity index (χ3v) is 2.00. The Morgan fingerprint density at radius 2 is 2.46 bits per heavy atom. The van der Waals surface area contributed by atoms with Gasteiger partial charge in [0.2, 0.25) is 5.91 Å². The Hall–Kier alpha value is -1.03. The SMILES string of the molecule is Cc1cc(CNC(=O)CCl)nn1C. The Balaban J connectivity index is 2.50. The predicted molar refractivity (Wildman–Crippen MR) is 50.5 cm³/mol. The number of carbonyl (C=O) groups excluding carboxylic acids is 1. The summed E-state index contributed by atoms with van der Waals surface area (Å²) in [7, 11) is 1.86. The normalized spacial score (nSPS) is 10.1. The number of halogens is 1. The fourth-order valence-electron chi connectivity index (χ4n) is 0.958. The van der Waals surface area contributed by atoms with Crippen molar-refractivity contribution in [2.24, 2.45) is 7.05 Å². The first-order valence-electron chi connectivity index (χ1n) is 3.95. The van der Waals surface area contributed by atoms with E-state index in [1.165, 1.54) is 0 Å². The molecule has 5 heteroatoms. The van der Waals surface area contributed by atoms with E-state index in [9.17, 15) is 4.79 Å². The topological polar surface area (TPSA) is 46.9 Å². The Morgan fingerprint density at radius 1 is 1.77 bits per heavy atom. The molecule has 13 heavy (non-hydrogen) atoms. The molecule has 0 saturated heterocycles. The summed E-state index contributed by atoms with van der Waals surface area (Å²) < 4.78 is 1.77. The first-order chi connectivity index (χ1) is 6.13. The third-order valence-electron chi connectivity index (χ3n) is 1.75. The molecule has 0 fully saturated rings. The van der Waals surface area contributed by atoms with Gasteiger partial charge in [-0.25, -0.2) is 0 Å². The van der Waals surface area contributed by atoms with Crippen LogP contribution in [0.2, 0.25) is 0 Å². The lowest BCUT2D eigenvalue weighted by atomic mass is 10.3. The van der Waals surface area contributed by atoms with E-state index in [0.717, 1.165) is 11.4 Å². The molecule has 4 nitrogen and oxygen atoms in total.